The number of aromatic nitrogens is 1. The zero-order chi connectivity index (χ0) is 9.54. The molecule has 2 aliphatic rings. The molecule has 4 heteroatoms. The first kappa shape index (κ1) is 8.44. The van der Waals surface area contributed by atoms with E-state index in [9.17, 15) is 0 Å². The molecule has 3 nitrogen and oxygen atoms in total. The van der Waals surface area contributed by atoms with Gasteiger partial charge in [-0.25, -0.2) is 0 Å². The van der Waals surface area contributed by atoms with Crippen LogP contribution in [0.3, 0.4) is 0 Å². The van der Waals surface area contributed by atoms with E-state index in [0.29, 0.717) is 12.1 Å². The molecule has 0 unspecified atom stereocenters. The summed E-state index contributed by atoms with van der Waals surface area (Å²) in [5.74, 6) is 0. The number of hydrogen-bond donors (Lipinski definition) is 1. The number of fused-ring (bicyclic) bond motifs is 2. The zero-order valence-electron chi connectivity index (χ0n) is 7.77. The predicted molar refractivity (Wildman–Crippen MR) is 57.1 cm³/mol. The van der Waals surface area contributed by atoms with E-state index in [4.69, 9.17) is 17.0 Å². The molecule has 2 fully saturated rings. The molecule has 1 aromatic rings. The third kappa shape index (κ3) is 1.26. The molecule has 2 bridgehead atoms. The van der Waals surface area contributed by atoms with Gasteiger partial charge in [0, 0.05) is 12.7 Å². The van der Waals surface area contributed by atoms with Crippen LogP contribution in [0.5, 0.6) is 0 Å². The van der Waals surface area contributed by atoms with E-state index in [1.165, 1.54) is 12.1 Å². The normalized spacial score (nSPS) is 29.9. The molecule has 0 saturated carbocycles. The van der Waals surface area contributed by atoms with Crippen LogP contribution in [0.2, 0.25) is 0 Å². The molecule has 3 rings (SSSR count). The first-order valence-electron chi connectivity index (χ1n) is 4.90. The molecule has 2 atom stereocenters. The Morgan fingerprint density at radius 2 is 2.43 bits per heavy atom. The van der Waals surface area contributed by atoms with Gasteiger partial charge in [-0.2, -0.15) is 0 Å². The van der Waals surface area contributed by atoms with Crippen LogP contribution in [-0.4, -0.2) is 30.3 Å². The third-order valence-corrected chi connectivity index (χ3v) is 3.25. The molecule has 0 radical (unpaired) electrons. The van der Waals surface area contributed by atoms with Gasteiger partial charge in [0.1, 0.15) is 4.64 Å². The van der Waals surface area contributed by atoms with Gasteiger partial charge < -0.3 is 14.6 Å². The van der Waals surface area contributed by atoms with Crippen molar-refractivity contribution in [3.05, 3.63) is 23.0 Å². The van der Waals surface area contributed by atoms with Gasteiger partial charge in [0.2, 0.25) is 0 Å². The largest absolute Gasteiger partial charge is 0.374 e. The standard InChI is InChI=1S/C10H12N2OS/c14-10-2-1-7(4-11-10)12-5-9-3-8(12)6-13-9/h1-2,4,8-9H,3,5-6H2,(H,11,14)/t8-,9-/m0/s1. The summed E-state index contributed by atoms with van der Waals surface area (Å²) in [5.41, 5.74) is 1.23. The van der Waals surface area contributed by atoms with Crippen LogP contribution in [0.4, 0.5) is 5.69 Å². The fraction of sp³-hybridized carbons (Fsp3) is 0.500. The Labute approximate surface area is 87.7 Å². The fourth-order valence-corrected chi connectivity index (χ4v) is 2.42. The van der Waals surface area contributed by atoms with Crippen molar-refractivity contribution in [1.82, 2.24) is 4.98 Å². The molecule has 2 saturated heterocycles. The van der Waals surface area contributed by atoms with Crippen LogP contribution in [0.1, 0.15) is 6.42 Å². The smallest absolute Gasteiger partial charge is 0.103 e. The SMILES string of the molecule is S=c1ccc(N2C[C@@H]3C[C@H]2CO3)c[nH]1. The molecule has 1 N–H and O–H groups in total. The Balaban J connectivity index is 1.89. The van der Waals surface area contributed by atoms with E-state index in [1.807, 2.05) is 12.3 Å². The Hall–Kier alpha value is -0.870. The molecule has 0 amide bonds. The van der Waals surface area contributed by atoms with Gasteiger partial charge in [0.15, 0.2) is 0 Å². The second-order valence-electron chi connectivity index (χ2n) is 3.91. The second kappa shape index (κ2) is 3.07. The van der Waals surface area contributed by atoms with Gasteiger partial charge >= 0.3 is 0 Å². The van der Waals surface area contributed by atoms with Crippen molar-refractivity contribution in [2.45, 2.75) is 18.6 Å². The van der Waals surface area contributed by atoms with Crippen molar-refractivity contribution >= 4 is 17.9 Å². The van der Waals surface area contributed by atoms with Crippen LogP contribution in [0.15, 0.2) is 18.3 Å². The maximum Gasteiger partial charge on any atom is 0.103 e. The molecular formula is C10H12N2OS. The van der Waals surface area contributed by atoms with Crippen molar-refractivity contribution in [2.24, 2.45) is 0 Å². The van der Waals surface area contributed by atoms with Crippen molar-refractivity contribution in [3.8, 4) is 0 Å². The van der Waals surface area contributed by atoms with Gasteiger partial charge in [-0.05, 0) is 18.6 Å². The minimum atomic E-state index is 0.447. The summed E-state index contributed by atoms with van der Waals surface area (Å²) in [6.07, 6.45) is 3.61. The number of H-pyrrole nitrogens is 1. The van der Waals surface area contributed by atoms with Crippen LogP contribution in [-0.2, 0) is 4.74 Å². The molecule has 74 valence electrons. The summed E-state index contributed by atoms with van der Waals surface area (Å²) in [4.78, 5) is 5.47. The quantitative estimate of drug-likeness (QED) is 0.712. The van der Waals surface area contributed by atoms with Crippen LogP contribution in [0.25, 0.3) is 0 Å². The molecule has 0 aromatic carbocycles. The maximum absolute atomic E-state index is 5.55. The van der Waals surface area contributed by atoms with Gasteiger partial charge in [0.25, 0.3) is 0 Å². The van der Waals surface area contributed by atoms with Crippen LogP contribution >= 0.6 is 12.2 Å². The number of nitrogens with zero attached hydrogens (tertiary/aromatic N) is 1. The van der Waals surface area contributed by atoms with E-state index in [1.54, 1.807) is 0 Å². The number of nitrogens with one attached hydrogen (secondary N) is 1. The lowest BCUT2D eigenvalue weighted by Crippen LogP contribution is -2.36. The number of aromatic amines is 1. The highest BCUT2D eigenvalue weighted by Gasteiger charge is 2.38. The Morgan fingerprint density at radius 1 is 1.50 bits per heavy atom. The van der Waals surface area contributed by atoms with Crippen molar-refractivity contribution in [1.29, 1.82) is 0 Å². The zero-order valence-corrected chi connectivity index (χ0v) is 8.59. The topological polar surface area (TPSA) is 28.3 Å². The fourth-order valence-electron chi connectivity index (χ4n) is 2.30. The summed E-state index contributed by atoms with van der Waals surface area (Å²) >= 11 is 5.01. The van der Waals surface area contributed by atoms with Crippen molar-refractivity contribution in [3.63, 3.8) is 0 Å². The maximum atomic E-state index is 5.55. The first-order chi connectivity index (χ1) is 6.83. The highest BCUT2D eigenvalue weighted by atomic mass is 32.1. The van der Waals surface area contributed by atoms with E-state index in [2.05, 4.69) is 16.0 Å². The highest BCUT2D eigenvalue weighted by molar-refractivity contribution is 7.71. The average Bonchev–Trinajstić information content (AvgIpc) is 2.80. The number of rotatable bonds is 1. The summed E-state index contributed by atoms with van der Waals surface area (Å²) in [7, 11) is 0. The Morgan fingerprint density at radius 3 is 3.00 bits per heavy atom. The van der Waals surface area contributed by atoms with Gasteiger partial charge in [-0.1, -0.05) is 12.2 Å². The average molecular weight is 208 g/mol. The van der Waals surface area contributed by atoms with Gasteiger partial charge in [-0.3, -0.25) is 0 Å². The van der Waals surface area contributed by atoms with Gasteiger partial charge in [0.05, 0.1) is 24.4 Å². The molecule has 1 aromatic heterocycles. The van der Waals surface area contributed by atoms with Crippen molar-refractivity contribution < 1.29 is 4.74 Å². The van der Waals surface area contributed by atoms with E-state index >= 15 is 0 Å². The van der Waals surface area contributed by atoms with E-state index in [0.717, 1.165) is 17.8 Å². The molecule has 3 heterocycles. The predicted octanol–water partition coefficient (Wildman–Crippen LogP) is 1.72. The summed E-state index contributed by atoms with van der Waals surface area (Å²) < 4.78 is 6.34. The van der Waals surface area contributed by atoms with Gasteiger partial charge in [-0.15, -0.1) is 0 Å². The first-order valence-corrected chi connectivity index (χ1v) is 5.31. The molecule has 0 spiro atoms. The summed E-state index contributed by atoms with van der Waals surface area (Å²) in [5, 5.41) is 0. The molecule has 14 heavy (non-hydrogen) atoms. The summed E-state index contributed by atoms with van der Waals surface area (Å²) in [6, 6.07) is 4.60. The highest BCUT2D eigenvalue weighted by Crippen LogP contribution is 2.31. The third-order valence-electron chi connectivity index (χ3n) is 3.00. The molecule has 2 aliphatic heterocycles. The van der Waals surface area contributed by atoms with Crippen LogP contribution in [0, 0.1) is 4.64 Å². The number of anilines is 1. The monoisotopic (exact) mass is 208 g/mol. The van der Waals surface area contributed by atoms with Crippen LogP contribution < -0.4 is 4.90 Å². The lowest BCUT2D eigenvalue weighted by Gasteiger charge is -2.28. The minimum absolute atomic E-state index is 0.447. The number of hydrogen-bond acceptors (Lipinski definition) is 3. The Kier molecular flexibility index (Phi) is 1.85. The minimum Gasteiger partial charge on any atom is -0.374 e. The number of morpholine rings is 1. The van der Waals surface area contributed by atoms with E-state index in [-0.39, 0.29) is 0 Å². The van der Waals surface area contributed by atoms with Crippen molar-refractivity contribution in [2.75, 3.05) is 18.1 Å². The number of ether oxygens (including phenoxy) is 1. The number of pyridine rings is 1. The molecule has 0 aliphatic carbocycles. The lowest BCUT2D eigenvalue weighted by molar-refractivity contribution is 0.0991. The molecular weight excluding hydrogens is 196 g/mol. The van der Waals surface area contributed by atoms with E-state index < -0.39 is 0 Å². The lowest BCUT2D eigenvalue weighted by atomic mass is 10.2. The second-order valence-corrected chi connectivity index (χ2v) is 4.35. The summed E-state index contributed by atoms with van der Waals surface area (Å²) in [6.45, 7) is 1.90. The Bertz CT molecular complexity index is 383.